The van der Waals surface area contributed by atoms with Crippen LogP contribution < -0.4 is 0 Å². The second-order valence-electron chi connectivity index (χ2n) is 12.1. The van der Waals surface area contributed by atoms with Gasteiger partial charge in [0.25, 0.3) is 0 Å². The molecule has 2 saturated heterocycles. The van der Waals surface area contributed by atoms with Crippen molar-refractivity contribution in [1.29, 1.82) is 0 Å². The number of aromatic amines is 2. The Morgan fingerprint density at radius 2 is 1.44 bits per heavy atom. The third kappa shape index (κ3) is 4.90. The van der Waals surface area contributed by atoms with Crippen LogP contribution in [0.2, 0.25) is 0 Å². The fourth-order valence-corrected chi connectivity index (χ4v) is 6.00. The molecule has 2 aliphatic rings. The van der Waals surface area contributed by atoms with Crippen molar-refractivity contribution in [3.05, 3.63) is 60.2 Å². The van der Waals surface area contributed by atoms with Crippen molar-refractivity contribution < 1.29 is 13.9 Å². The SMILES string of the molecule is [B]N1CCC[C@H]1c1nc2ccc(-c3ccc(-c4ccc5nc([C@@H]6CCCN6C(=O)OC(C)(C)C)[nH]c5c4)o3)cc2[nH]1. The lowest BCUT2D eigenvalue weighted by atomic mass is 10.1. The van der Waals surface area contributed by atoms with E-state index < -0.39 is 5.60 Å². The van der Waals surface area contributed by atoms with Crippen molar-refractivity contribution in [2.75, 3.05) is 13.1 Å². The first-order chi connectivity index (χ1) is 19.7. The maximum Gasteiger partial charge on any atom is 0.410 e. The van der Waals surface area contributed by atoms with Gasteiger partial charge in [-0.2, -0.15) is 0 Å². The number of ether oxygens (including phenoxy) is 1. The van der Waals surface area contributed by atoms with Gasteiger partial charge < -0.3 is 23.9 Å². The zero-order valence-electron chi connectivity index (χ0n) is 23.6. The molecule has 7 rings (SSSR count). The third-order valence-corrected chi connectivity index (χ3v) is 7.98. The average Bonchev–Trinajstić information content (AvgIpc) is 3.74. The molecule has 0 bridgehead atoms. The van der Waals surface area contributed by atoms with Gasteiger partial charge in [0.05, 0.1) is 34.2 Å². The molecule has 0 unspecified atom stereocenters. The van der Waals surface area contributed by atoms with Crippen molar-refractivity contribution in [1.82, 2.24) is 29.6 Å². The van der Waals surface area contributed by atoms with Gasteiger partial charge in [-0.3, -0.25) is 4.90 Å². The van der Waals surface area contributed by atoms with Crippen LogP contribution in [-0.2, 0) is 4.74 Å². The number of imidazole rings is 2. The Kier molecular flexibility index (Phi) is 6.19. The Labute approximate surface area is 239 Å². The Morgan fingerprint density at radius 3 is 2.00 bits per heavy atom. The minimum Gasteiger partial charge on any atom is -0.456 e. The predicted molar refractivity (Wildman–Crippen MR) is 158 cm³/mol. The Morgan fingerprint density at radius 1 is 0.878 bits per heavy atom. The summed E-state index contributed by atoms with van der Waals surface area (Å²) in [7, 11) is 6.15. The molecule has 1 amide bonds. The van der Waals surface area contributed by atoms with Crippen LogP contribution >= 0.6 is 0 Å². The van der Waals surface area contributed by atoms with Crippen molar-refractivity contribution in [3.63, 3.8) is 0 Å². The molecule has 2 fully saturated rings. The molecular formula is C31H33BN6O3. The molecule has 10 heteroatoms. The third-order valence-electron chi connectivity index (χ3n) is 7.98. The largest absolute Gasteiger partial charge is 0.456 e. The highest BCUT2D eigenvalue weighted by Gasteiger charge is 2.35. The van der Waals surface area contributed by atoms with E-state index in [1.807, 2.05) is 68.0 Å². The molecule has 9 nitrogen and oxygen atoms in total. The molecule has 2 radical (unpaired) electrons. The van der Waals surface area contributed by atoms with Crippen molar-refractivity contribution in [2.24, 2.45) is 0 Å². The number of nitrogens with zero attached hydrogens (tertiary/aromatic N) is 4. The number of rotatable bonds is 4. The number of carbonyl (C=O) groups excluding carboxylic acids is 1. The fourth-order valence-electron chi connectivity index (χ4n) is 6.00. The molecule has 3 aromatic heterocycles. The number of hydrogen-bond acceptors (Lipinski definition) is 6. The van der Waals surface area contributed by atoms with Gasteiger partial charge in [-0.25, -0.2) is 14.8 Å². The molecule has 5 heterocycles. The zero-order valence-corrected chi connectivity index (χ0v) is 23.6. The highest BCUT2D eigenvalue weighted by Crippen LogP contribution is 2.35. The van der Waals surface area contributed by atoms with E-state index >= 15 is 0 Å². The summed E-state index contributed by atoms with van der Waals surface area (Å²) < 4.78 is 11.9. The summed E-state index contributed by atoms with van der Waals surface area (Å²) >= 11 is 0. The summed E-state index contributed by atoms with van der Waals surface area (Å²) in [4.78, 5) is 33.0. The summed E-state index contributed by atoms with van der Waals surface area (Å²) in [5.74, 6) is 3.24. The highest BCUT2D eigenvalue weighted by atomic mass is 16.6. The summed E-state index contributed by atoms with van der Waals surface area (Å²) in [5.41, 5.74) is 5.03. The maximum atomic E-state index is 12.8. The molecule has 2 aromatic carbocycles. The van der Waals surface area contributed by atoms with Gasteiger partial charge in [0.1, 0.15) is 28.8 Å². The monoisotopic (exact) mass is 548 g/mol. The molecule has 0 saturated carbocycles. The molecule has 208 valence electrons. The summed E-state index contributed by atoms with van der Waals surface area (Å²) in [6.07, 6.45) is 3.55. The van der Waals surface area contributed by atoms with Crippen LogP contribution in [0.4, 0.5) is 4.79 Å². The second-order valence-corrected chi connectivity index (χ2v) is 12.1. The quantitative estimate of drug-likeness (QED) is 0.244. The van der Waals surface area contributed by atoms with Gasteiger partial charge in [0.2, 0.25) is 0 Å². The summed E-state index contributed by atoms with van der Waals surface area (Å²) in [6.45, 7) is 7.20. The lowest BCUT2D eigenvalue weighted by Crippen LogP contribution is -2.36. The van der Waals surface area contributed by atoms with Gasteiger partial charge in [0.15, 0.2) is 7.98 Å². The molecule has 2 N–H and O–H groups in total. The number of nitrogens with one attached hydrogen (secondary N) is 2. The first-order valence-electron chi connectivity index (χ1n) is 14.3. The minimum absolute atomic E-state index is 0.129. The van der Waals surface area contributed by atoms with E-state index in [1.165, 1.54) is 0 Å². The number of carbonyl (C=O) groups is 1. The van der Waals surface area contributed by atoms with Gasteiger partial charge in [-0.1, -0.05) is 0 Å². The number of likely N-dealkylation sites (tertiary alicyclic amines) is 1. The first kappa shape index (κ1) is 25.9. The lowest BCUT2D eigenvalue weighted by Gasteiger charge is -2.27. The van der Waals surface area contributed by atoms with E-state index in [4.69, 9.17) is 27.1 Å². The van der Waals surface area contributed by atoms with E-state index in [-0.39, 0.29) is 18.2 Å². The highest BCUT2D eigenvalue weighted by molar-refractivity contribution is 6.04. The van der Waals surface area contributed by atoms with E-state index in [1.54, 1.807) is 4.90 Å². The number of hydrogen-bond donors (Lipinski definition) is 2. The second kappa shape index (κ2) is 9.80. The van der Waals surface area contributed by atoms with Crippen LogP contribution in [-0.4, -0.2) is 62.4 Å². The number of aromatic nitrogens is 4. The molecular weight excluding hydrogens is 515 g/mol. The lowest BCUT2D eigenvalue weighted by molar-refractivity contribution is 0.0219. The molecule has 5 aromatic rings. The molecule has 0 aliphatic carbocycles. The maximum absolute atomic E-state index is 12.8. The Bertz CT molecular complexity index is 1750. The molecule has 0 spiro atoms. The van der Waals surface area contributed by atoms with Crippen LogP contribution in [0.1, 0.15) is 70.2 Å². The van der Waals surface area contributed by atoms with Crippen LogP contribution in [0.15, 0.2) is 52.9 Å². The zero-order chi connectivity index (χ0) is 28.3. The minimum atomic E-state index is -0.538. The number of furan rings is 1. The van der Waals surface area contributed by atoms with Crippen molar-refractivity contribution in [3.8, 4) is 22.6 Å². The van der Waals surface area contributed by atoms with E-state index in [0.717, 1.165) is 88.6 Å². The average molecular weight is 548 g/mol. The van der Waals surface area contributed by atoms with Gasteiger partial charge in [0, 0.05) is 17.7 Å². The first-order valence-corrected chi connectivity index (χ1v) is 14.3. The van der Waals surface area contributed by atoms with Crippen molar-refractivity contribution in [2.45, 2.75) is 64.1 Å². The topological polar surface area (TPSA) is 103 Å². The predicted octanol–water partition coefficient (Wildman–Crippen LogP) is 6.66. The number of fused-ring (bicyclic) bond motifs is 2. The van der Waals surface area contributed by atoms with Gasteiger partial charge in [-0.15, -0.1) is 0 Å². The van der Waals surface area contributed by atoms with Crippen LogP contribution in [0.3, 0.4) is 0 Å². The normalized spacial score (nSPS) is 20.0. The summed E-state index contributed by atoms with van der Waals surface area (Å²) in [5, 5.41) is 0. The van der Waals surface area contributed by atoms with E-state index in [0.29, 0.717) is 6.54 Å². The van der Waals surface area contributed by atoms with E-state index in [2.05, 4.69) is 16.0 Å². The van der Waals surface area contributed by atoms with Crippen molar-refractivity contribution >= 4 is 36.1 Å². The number of benzene rings is 2. The number of amides is 1. The van der Waals surface area contributed by atoms with Crippen LogP contribution in [0.5, 0.6) is 0 Å². The van der Waals surface area contributed by atoms with Crippen LogP contribution in [0.25, 0.3) is 44.7 Å². The number of H-pyrrole nitrogens is 2. The fraction of sp³-hybridized carbons (Fsp3) is 0.387. The van der Waals surface area contributed by atoms with Crippen LogP contribution in [0, 0.1) is 0 Å². The smallest absolute Gasteiger partial charge is 0.410 e. The standard InChI is InChI=1S/C31H33BN6O3/c1-31(2,3)41-30(39)37-14-4-6-24(37)28-33-20-10-8-18(16-22(20)35-28)26-12-13-27(40-26)19-9-11-21-23(17-19)36-29(34-21)25-7-5-15-38(25)32/h8-13,16-17,24-25H,4-7,14-15H2,1-3H3,(H,33,35)(H,34,36)/t24-,25-/m0/s1. The Balaban J connectivity index is 1.13. The summed E-state index contributed by atoms with van der Waals surface area (Å²) in [6, 6.07) is 16.2. The molecule has 2 atom stereocenters. The molecule has 41 heavy (non-hydrogen) atoms. The van der Waals surface area contributed by atoms with Gasteiger partial charge >= 0.3 is 6.09 Å². The van der Waals surface area contributed by atoms with Gasteiger partial charge in [-0.05, 0) is 102 Å². The Hall–Kier alpha value is -4.05. The van der Waals surface area contributed by atoms with E-state index in [9.17, 15) is 4.79 Å². The molecule has 2 aliphatic heterocycles.